The normalized spacial score (nSPS) is 10.3. The molecule has 0 unspecified atom stereocenters. The van der Waals surface area contributed by atoms with Crippen molar-refractivity contribution in [2.24, 2.45) is 0 Å². The maximum atomic E-state index is 13.2. The monoisotopic (exact) mass is 237 g/mol. The summed E-state index contributed by atoms with van der Waals surface area (Å²) in [4.78, 5) is 4.11. The van der Waals surface area contributed by atoms with E-state index in [1.807, 2.05) is 6.92 Å². The number of hydrogen-bond donors (Lipinski definition) is 1. The molecule has 0 aliphatic carbocycles. The Balaban J connectivity index is 2.32. The Kier molecular flexibility index (Phi) is 3.22. The number of aromatic nitrogens is 2. The molecular weight excluding hydrogens is 225 g/mol. The summed E-state index contributed by atoms with van der Waals surface area (Å²) in [7, 11) is 1.41. The van der Waals surface area contributed by atoms with E-state index in [0.29, 0.717) is 23.9 Å². The largest absolute Gasteiger partial charge is 0.494 e. The molecule has 17 heavy (non-hydrogen) atoms. The Morgan fingerprint density at radius 2 is 2.29 bits per heavy atom. The molecule has 1 aromatic heterocycles. The van der Waals surface area contributed by atoms with Gasteiger partial charge in [-0.1, -0.05) is 5.16 Å². The number of methoxy groups -OCH3 is 1. The van der Waals surface area contributed by atoms with E-state index in [1.54, 1.807) is 6.07 Å². The fraction of sp³-hybridized carbons (Fsp3) is 0.273. The fourth-order valence-electron chi connectivity index (χ4n) is 1.36. The van der Waals surface area contributed by atoms with Crippen LogP contribution >= 0.6 is 0 Å². The second kappa shape index (κ2) is 4.82. The van der Waals surface area contributed by atoms with Gasteiger partial charge >= 0.3 is 6.01 Å². The van der Waals surface area contributed by atoms with Crippen LogP contribution in [0.3, 0.4) is 0 Å². The van der Waals surface area contributed by atoms with Crippen molar-refractivity contribution in [2.75, 3.05) is 19.0 Å². The van der Waals surface area contributed by atoms with Gasteiger partial charge < -0.3 is 14.6 Å². The van der Waals surface area contributed by atoms with Gasteiger partial charge in [-0.15, -0.1) is 0 Å². The zero-order valence-electron chi connectivity index (χ0n) is 9.53. The fourth-order valence-corrected chi connectivity index (χ4v) is 1.36. The predicted octanol–water partition coefficient (Wildman–Crippen LogP) is 2.32. The van der Waals surface area contributed by atoms with Crippen LogP contribution in [-0.2, 0) is 0 Å². The Labute approximate surface area is 97.6 Å². The Hall–Kier alpha value is -2.11. The topological polar surface area (TPSA) is 60.2 Å². The van der Waals surface area contributed by atoms with Gasteiger partial charge in [-0.2, -0.15) is 4.98 Å². The van der Waals surface area contributed by atoms with Crippen molar-refractivity contribution in [1.82, 2.24) is 10.1 Å². The molecule has 1 N–H and O–H groups in total. The van der Waals surface area contributed by atoms with Gasteiger partial charge in [0, 0.05) is 12.1 Å². The first kappa shape index (κ1) is 11.4. The van der Waals surface area contributed by atoms with Gasteiger partial charge in [-0.3, -0.25) is 0 Å². The average Bonchev–Trinajstić information content (AvgIpc) is 2.79. The molecule has 0 aliphatic rings. The maximum Gasteiger partial charge on any atom is 0.321 e. The smallest absolute Gasteiger partial charge is 0.321 e. The van der Waals surface area contributed by atoms with Crippen molar-refractivity contribution in [3.8, 4) is 17.1 Å². The van der Waals surface area contributed by atoms with Gasteiger partial charge in [-0.05, 0) is 25.1 Å². The number of nitrogens with zero attached hydrogens (tertiary/aromatic N) is 2. The molecule has 0 fully saturated rings. The zero-order valence-corrected chi connectivity index (χ0v) is 9.53. The van der Waals surface area contributed by atoms with Gasteiger partial charge in [0.15, 0.2) is 11.6 Å². The summed E-state index contributed by atoms with van der Waals surface area (Å²) in [6.07, 6.45) is 0. The summed E-state index contributed by atoms with van der Waals surface area (Å²) in [5.74, 6) is 0.114. The number of halogens is 1. The van der Waals surface area contributed by atoms with Crippen LogP contribution in [0.25, 0.3) is 11.4 Å². The van der Waals surface area contributed by atoms with Crippen molar-refractivity contribution in [3.05, 3.63) is 24.0 Å². The van der Waals surface area contributed by atoms with Crippen LogP contribution < -0.4 is 10.1 Å². The molecule has 5 nitrogen and oxygen atoms in total. The molecule has 0 saturated heterocycles. The summed E-state index contributed by atoms with van der Waals surface area (Å²) >= 11 is 0. The van der Waals surface area contributed by atoms with Crippen LogP contribution in [0.5, 0.6) is 5.75 Å². The molecule has 0 atom stereocenters. The summed E-state index contributed by atoms with van der Waals surface area (Å²) in [5, 5.41) is 6.68. The number of benzene rings is 1. The van der Waals surface area contributed by atoms with Crippen LogP contribution in [0.2, 0.25) is 0 Å². The molecular formula is C11H12FN3O2. The highest BCUT2D eigenvalue weighted by Gasteiger charge is 2.10. The van der Waals surface area contributed by atoms with Crippen LogP contribution in [0.15, 0.2) is 22.7 Å². The quantitative estimate of drug-likeness (QED) is 0.884. The highest BCUT2D eigenvalue weighted by Crippen LogP contribution is 2.24. The molecule has 0 saturated carbocycles. The third-order valence-electron chi connectivity index (χ3n) is 2.16. The number of rotatable bonds is 4. The van der Waals surface area contributed by atoms with Crippen molar-refractivity contribution < 1.29 is 13.7 Å². The first-order valence-corrected chi connectivity index (χ1v) is 5.16. The van der Waals surface area contributed by atoms with E-state index < -0.39 is 5.82 Å². The molecule has 0 amide bonds. The molecule has 2 aromatic rings. The van der Waals surface area contributed by atoms with Gasteiger partial charge in [0.2, 0.25) is 5.82 Å². The van der Waals surface area contributed by atoms with Crippen molar-refractivity contribution in [3.63, 3.8) is 0 Å². The first-order chi connectivity index (χ1) is 8.24. The summed E-state index contributed by atoms with van der Waals surface area (Å²) in [6, 6.07) is 4.73. The highest BCUT2D eigenvalue weighted by molar-refractivity contribution is 5.58. The van der Waals surface area contributed by atoms with Gasteiger partial charge in [0.25, 0.3) is 0 Å². The lowest BCUT2D eigenvalue weighted by molar-refractivity contribution is 0.386. The summed E-state index contributed by atoms with van der Waals surface area (Å²) in [6.45, 7) is 2.61. The molecule has 1 heterocycles. The van der Waals surface area contributed by atoms with E-state index in [9.17, 15) is 4.39 Å². The zero-order chi connectivity index (χ0) is 12.3. The van der Waals surface area contributed by atoms with E-state index in [0.717, 1.165) is 0 Å². The lowest BCUT2D eigenvalue weighted by atomic mass is 10.2. The van der Waals surface area contributed by atoms with E-state index in [2.05, 4.69) is 15.5 Å². The number of ether oxygens (including phenoxy) is 1. The Bertz CT molecular complexity index is 513. The van der Waals surface area contributed by atoms with E-state index in [1.165, 1.54) is 19.2 Å². The number of nitrogens with one attached hydrogen (secondary N) is 1. The second-order valence-electron chi connectivity index (χ2n) is 3.30. The molecule has 0 aliphatic heterocycles. The lowest BCUT2D eigenvalue weighted by Gasteiger charge is -2.02. The van der Waals surface area contributed by atoms with Gasteiger partial charge in [-0.25, -0.2) is 4.39 Å². The van der Waals surface area contributed by atoms with Gasteiger partial charge in [0.05, 0.1) is 7.11 Å². The van der Waals surface area contributed by atoms with Crippen molar-refractivity contribution in [2.45, 2.75) is 6.92 Å². The molecule has 0 radical (unpaired) electrons. The van der Waals surface area contributed by atoms with Crippen molar-refractivity contribution >= 4 is 6.01 Å². The number of hydrogen-bond acceptors (Lipinski definition) is 5. The highest BCUT2D eigenvalue weighted by atomic mass is 19.1. The molecule has 0 bridgehead atoms. The molecule has 90 valence electrons. The predicted molar refractivity (Wildman–Crippen MR) is 60.4 cm³/mol. The van der Waals surface area contributed by atoms with Gasteiger partial charge in [0.1, 0.15) is 0 Å². The third kappa shape index (κ3) is 2.35. The van der Waals surface area contributed by atoms with Crippen molar-refractivity contribution in [1.29, 1.82) is 0 Å². The van der Waals surface area contributed by atoms with Crippen LogP contribution in [0.1, 0.15) is 6.92 Å². The third-order valence-corrected chi connectivity index (χ3v) is 2.16. The minimum atomic E-state index is -0.424. The minimum Gasteiger partial charge on any atom is -0.494 e. The standard InChI is InChI=1S/C11H12FN3O2/c1-3-13-11-14-10(15-17-11)7-4-5-8(12)9(6-7)16-2/h4-6H,3H2,1-2H3,(H,13,14,15). The maximum absolute atomic E-state index is 13.2. The minimum absolute atomic E-state index is 0.150. The van der Waals surface area contributed by atoms with E-state index >= 15 is 0 Å². The summed E-state index contributed by atoms with van der Waals surface area (Å²) in [5.41, 5.74) is 0.635. The molecule has 6 heteroatoms. The molecule has 1 aromatic carbocycles. The summed E-state index contributed by atoms with van der Waals surface area (Å²) < 4.78 is 23.1. The molecule has 0 spiro atoms. The average molecular weight is 237 g/mol. The lowest BCUT2D eigenvalue weighted by Crippen LogP contribution is -1.96. The SMILES string of the molecule is CCNc1nc(-c2ccc(F)c(OC)c2)no1. The first-order valence-electron chi connectivity index (χ1n) is 5.16. The van der Waals surface area contributed by atoms with E-state index in [-0.39, 0.29) is 5.75 Å². The second-order valence-corrected chi connectivity index (χ2v) is 3.30. The van der Waals surface area contributed by atoms with Crippen LogP contribution in [0, 0.1) is 5.82 Å². The molecule has 2 rings (SSSR count). The Morgan fingerprint density at radius 1 is 1.47 bits per heavy atom. The van der Waals surface area contributed by atoms with E-state index in [4.69, 9.17) is 9.26 Å². The van der Waals surface area contributed by atoms with Crippen LogP contribution in [-0.4, -0.2) is 23.8 Å². The Morgan fingerprint density at radius 3 is 3.00 bits per heavy atom. The van der Waals surface area contributed by atoms with Crippen LogP contribution in [0.4, 0.5) is 10.4 Å². The number of anilines is 1.